The van der Waals surface area contributed by atoms with Gasteiger partial charge in [0.2, 0.25) is 12.3 Å². The van der Waals surface area contributed by atoms with E-state index >= 15 is 13.2 Å². The van der Waals surface area contributed by atoms with Crippen LogP contribution < -0.4 is 10.7 Å². The zero-order valence-corrected chi connectivity index (χ0v) is 40.5. The van der Waals surface area contributed by atoms with Crippen molar-refractivity contribution in [2.75, 3.05) is 65.6 Å². The van der Waals surface area contributed by atoms with E-state index in [2.05, 4.69) is 15.8 Å². The van der Waals surface area contributed by atoms with Gasteiger partial charge in [0.05, 0.1) is 24.5 Å². The molecule has 8 rings (SSSR count). The van der Waals surface area contributed by atoms with Gasteiger partial charge in [-0.25, -0.2) is 23.4 Å². The van der Waals surface area contributed by atoms with Crippen LogP contribution in [0.3, 0.4) is 0 Å². The fourth-order valence-electron chi connectivity index (χ4n) is 9.28. The molecule has 0 unspecified atom stereocenters. The number of benzene rings is 6. The van der Waals surface area contributed by atoms with Gasteiger partial charge in [-0.2, -0.15) is 5.10 Å². The number of hydrazone groups is 1. The second kappa shape index (κ2) is 23.9. The number of piperazine rings is 1. The Morgan fingerprint density at radius 1 is 0.726 bits per heavy atom. The first-order chi connectivity index (χ1) is 35.4. The van der Waals surface area contributed by atoms with E-state index in [0.717, 1.165) is 57.5 Å². The van der Waals surface area contributed by atoms with Gasteiger partial charge in [0, 0.05) is 57.2 Å². The summed E-state index contributed by atoms with van der Waals surface area (Å²) in [6.45, 7) is 3.54. The highest BCUT2D eigenvalue weighted by Crippen LogP contribution is 2.44. The SMILES string of the molecule is CCc1cccc(-c2cc(F)c(C(=O)NCCOCCN(CC(=O)N3CCN(C(=O)c4cc(C/C(=N/NC=O)c5ccccc5C)ccc4F)CC3)C(=O)OCC3c4ccccc4-c4ccccc43)c(F)c2)c1. The third-order valence-electron chi connectivity index (χ3n) is 13.2. The molecule has 0 bridgehead atoms. The van der Waals surface area contributed by atoms with Crippen LogP contribution >= 0.6 is 0 Å². The van der Waals surface area contributed by atoms with Crippen LogP contribution in [0.25, 0.3) is 22.3 Å². The average Bonchev–Trinajstić information content (AvgIpc) is 3.73. The summed E-state index contributed by atoms with van der Waals surface area (Å²) in [4.78, 5) is 69.9. The molecule has 1 heterocycles. The zero-order valence-electron chi connectivity index (χ0n) is 40.5. The monoisotopic (exact) mass is 992 g/mol. The Hall–Kier alpha value is -8.11. The summed E-state index contributed by atoms with van der Waals surface area (Å²) >= 11 is 0. The second-order valence-corrected chi connectivity index (χ2v) is 17.7. The number of nitrogens with one attached hydrogen (secondary N) is 2. The number of hydrogen-bond donors (Lipinski definition) is 2. The smallest absolute Gasteiger partial charge is 0.410 e. The summed E-state index contributed by atoms with van der Waals surface area (Å²) in [7, 11) is 0. The molecule has 13 nitrogen and oxygen atoms in total. The first kappa shape index (κ1) is 51.3. The summed E-state index contributed by atoms with van der Waals surface area (Å²) < 4.78 is 57.4. The minimum Gasteiger partial charge on any atom is -0.448 e. The van der Waals surface area contributed by atoms with Crippen molar-refractivity contribution in [2.45, 2.75) is 32.6 Å². The van der Waals surface area contributed by atoms with E-state index in [-0.39, 0.29) is 83.5 Å². The molecular weight excluding hydrogens is 938 g/mol. The largest absolute Gasteiger partial charge is 0.448 e. The van der Waals surface area contributed by atoms with Crippen LogP contribution in [0.15, 0.2) is 132 Å². The standard InChI is InChI=1S/C57H55F3N6O7/c1-3-38-12-10-13-40(29-38)41-32-50(59)54(51(60)33-41)55(69)61-21-27-72-28-26-66(57(71)73-35-48-45-17-8-6-15-43(45)44-16-7-9-18-46(44)48)34-53(68)64-22-24-65(25-23-64)56(70)47-30-39(19-20-49(47)58)31-52(63-62-36-67)42-14-5-4-11-37(42)2/h4-20,29-30,32-33,36,48H,3,21-28,31,34-35H2,1-2H3,(H,61,69)(H,62,67)/b63-52-. The lowest BCUT2D eigenvalue weighted by atomic mass is 9.97. The molecule has 1 fully saturated rings. The van der Waals surface area contributed by atoms with Crippen LogP contribution in [0.5, 0.6) is 0 Å². The molecule has 0 saturated carbocycles. The third kappa shape index (κ3) is 12.2. The highest BCUT2D eigenvalue weighted by atomic mass is 19.1. The molecule has 5 amide bonds. The van der Waals surface area contributed by atoms with E-state index in [9.17, 15) is 24.0 Å². The quantitative estimate of drug-likeness (QED) is 0.0359. The highest BCUT2D eigenvalue weighted by molar-refractivity contribution is 6.03. The molecular formula is C57H55F3N6O7. The Labute approximate surface area is 421 Å². The molecule has 73 heavy (non-hydrogen) atoms. The molecule has 1 aliphatic carbocycles. The van der Waals surface area contributed by atoms with Gasteiger partial charge in [-0.05, 0) is 87.7 Å². The molecule has 1 aliphatic heterocycles. The molecule has 16 heteroatoms. The van der Waals surface area contributed by atoms with Crippen molar-refractivity contribution < 1.29 is 46.6 Å². The fraction of sp³-hybridized carbons (Fsp3) is 0.263. The highest BCUT2D eigenvalue weighted by Gasteiger charge is 2.32. The molecule has 376 valence electrons. The summed E-state index contributed by atoms with van der Waals surface area (Å²) in [6.07, 6.45) is 0.638. The minimum atomic E-state index is -1.01. The van der Waals surface area contributed by atoms with Crippen LogP contribution in [0, 0.1) is 24.4 Å². The van der Waals surface area contributed by atoms with Crippen molar-refractivity contribution in [2.24, 2.45) is 5.10 Å². The fourth-order valence-corrected chi connectivity index (χ4v) is 9.28. The molecule has 6 aromatic rings. The van der Waals surface area contributed by atoms with E-state index in [1.807, 2.05) is 98.8 Å². The molecule has 2 N–H and O–H groups in total. The number of halogens is 3. The molecule has 0 atom stereocenters. The van der Waals surface area contributed by atoms with Crippen LogP contribution in [0.2, 0.25) is 0 Å². The molecule has 0 spiro atoms. The van der Waals surface area contributed by atoms with Gasteiger partial charge in [-0.3, -0.25) is 24.1 Å². The van der Waals surface area contributed by atoms with Gasteiger partial charge >= 0.3 is 6.09 Å². The summed E-state index contributed by atoms with van der Waals surface area (Å²) in [5, 5.41) is 6.70. The number of aryl methyl sites for hydroxylation is 2. The zero-order chi connectivity index (χ0) is 51.4. The number of amides is 5. The van der Waals surface area contributed by atoms with E-state index in [4.69, 9.17) is 9.47 Å². The number of fused-ring (bicyclic) bond motifs is 3. The number of carbonyl (C=O) groups excluding carboxylic acids is 5. The van der Waals surface area contributed by atoms with Gasteiger partial charge in [-0.15, -0.1) is 0 Å². The number of nitrogens with zero attached hydrogens (tertiary/aromatic N) is 4. The Morgan fingerprint density at radius 3 is 2.08 bits per heavy atom. The van der Waals surface area contributed by atoms with E-state index in [0.29, 0.717) is 28.8 Å². The molecule has 0 aromatic heterocycles. The summed E-state index contributed by atoms with van der Waals surface area (Å²) in [5.74, 6) is -4.90. The Morgan fingerprint density at radius 2 is 1.40 bits per heavy atom. The molecule has 2 aliphatic rings. The van der Waals surface area contributed by atoms with Gasteiger partial charge in [0.25, 0.3) is 11.8 Å². The van der Waals surface area contributed by atoms with Gasteiger partial charge in [-0.1, -0.05) is 110 Å². The lowest BCUT2D eigenvalue weighted by Gasteiger charge is -2.36. The average molecular weight is 993 g/mol. The maximum Gasteiger partial charge on any atom is 0.410 e. The maximum atomic E-state index is 15.3. The lowest BCUT2D eigenvalue weighted by Crippen LogP contribution is -2.53. The van der Waals surface area contributed by atoms with Crippen LogP contribution in [-0.2, 0) is 31.9 Å². The normalized spacial score (nSPS) is 13.2. The Bertz CT molecular complexity index is 2980. The number of ether oxygens (including phenoxy) is 2. The van der Waals surface area contributed by atoms with Crippen LogP contribution in [-0.4, -0.2) is 116 Å². The van der Waals surface area contributed by atoms with Crippen molar-refractivity contribution in [3.05, 3.63) is 189 Å². The predicted octanol–water partition coefficient (Wildman–Crippen LogP) is 8.32. The maximum absolute atomic E-state index is 15.3. The number of hydrogen-bond acceptors (Lipinski definition) is 8. The topological polar surface area (TPSA) is 150 Å². The summed E-state index contributed by atoms with van der Waals surface area (Å²) in [5.41, 5.74) is 10.3. The summed E-state index contributed by atoms with van der Waals surface area (Å²) in [6, 6.07) is 37.1. The number of rotatable bonds is 19. The lowest BCUT2D eigenvalue weighted by molar-refractivity contribution is -0.133. The Balaban J connectivity index is 0.883. The number of carbonyl (C=O) groups is 5. The van der Waals surface area contributed by atoms with Crippen molar-refractivity contribution in [3.8, 4) is 22.3 Å². The minimum absolute atomic E-state index is 0.00213. The van der Waals surface area contributed by atoms with Crippen molar-refractivity contribution in [1.82, 2.24) is 25.4 Å². The van der Waals surface area contributed by atoms with E-state index in [1.54, 1.807) is 18.2 Å². The van der Waals surface area contributed by atoms with Crippen molar-refractivity contribution >= 4 is 35.9 Å². The predicted molar refractivity (Wildman–Crippen MR) is 270 cm³/mol. The van der Waals surface area contributed by atoms with Crippen LogP contribution in [0.1, 0.15) is 66.9 Å². The van der Waals surface area contributed by atoms with E-state index in [1.165, 1.54) is 26.8 Å². The Kier molecular flexibility index (Phi) is 16.8. The van der Waals surface area contributed by atoms with Crippen LogP contribution in [0.4, 0.5) is 18.0 Å². The molecule has 0 radical (unpaired) electrons. The second-order valence-electron chi connectivity index (χ2n) is 17.7. The van der Waals surface area contributed by atoms with Gasteiger partial charge < -0.3 is 24.6 Å². The molecule has 1 saturated heterocycles. The van der Waals surface area contributed by atoms with E-state index < -0.39 is 46.8 Å². The van der Waals surface area contributed by atoms with Gasteiger partial charge in [0.1, 0.15) is 36.2 Å². The first-order valence-electron chi connectivity index (χ1n) is 24.1. The first-order valence-corrected chi connectivity index (χ1v) is 24.1. The third-order valence-corrected chi connectivity index (χ3v) is 13.2. The van der Waals surface area contributed by atoms with Crippen molar-refractivity contribution in [1.29, 1.82) is 0 Å². The van der Waals surface area contributed by atoms with Crippen molar-refractivity contribution in [3.63, 3.8) is 0 Å². The molecule has 6 aromatic carbocycles. The van der Waals surface area contributed by atoms with Gasteiger partial charge in [0.15, 0.2) is 0 Å².